The number of carbonyl (C=O) groups is 1. The minimum atomic E-state index is -0.251. The van der Waals surface area contributed by atoms with Crippen molar-refractivity contribution in [3.05, 3.63) is 76.4 Å². The van der Waals surface area contributed by atoms with Crippen molar-refractivity contribution in [2.75, 3.05) is 32.2 Å². The molecule has 0 aliphatic heterocycles. The van der Waals surface area contributed by atoms with E-state index in [1.807, 2.05) is 55.5 Å². The number of ether oxygens (including phenoxy) is 3. The molecule has 0 saturated heterocycles. The lowest BCUT2D eigenvalue weighted by Crippen LogP contribution is -2.23. The predicted octanol–water partition coefficient (Wildman–Crippen LogP) is 4.35. The molecule has 0 saturated carbocycles. The molecule has 2 aromatic carbocycles. The quantitative estimate of drug-likeness (QED) is 0.381. The van der Waals surface area contributed by atoms with Gasteiger partial charge in [-0.3, -0.25) is 4.79 Å². The molecule has 1 amide bonds. The van der Waals surface area contributed by atoms with Gasteiger partial charge in [0.1, 0.15) is 6.61 Å². The second-order valence-corrected chi connectivity index (χ2v) is 7.81. The van der Waals surface area contributed by atoms with Gasteiger partial charge in [-0.25, -0.2) is 4.98 Å². The molecule has 0 aliphatic carbocycles. The van der Waals surface area contributed by atoms with Crippen LogP contribution in [0.5, 0.6) is 17.4 Å². The second-order valence-electron chi connectivity index (χ2n) is 6.95. The van der Waals surface area contributed by atoms with Gasteiger partial charge >= 0.3 is 0 Å². The van der Waals surface area contributed by atoms with Crippen molar-refractivity contribution in [3.63, 3.8) is 0 Å². The summed E-state index contributed by atoms with van der Waals surface area (Å²) in [5.41, 5.74) is 2.70. The zero-order valence-electron chi connectivity index (χ0n) is 18.1. The van der Waals surface area contributed by atoms with Gasteiger partial charge in [0.25, 0.3) is 5.91 Å². The Morgan fingerprint density at radius 3 is 2.59 bits per heavy atom. The Hall–Kier alpha value is -3.10. The van der Waals surface area contributed by atoms with Gasteiger partial charge < -0.3 is 24.8 Å². The van der Waals surface area contributed by atoms with E-state index < -0.39 is 0 Å². The van der Waals surface area contributed by atoms with E-state index in [0.717, 1.165) is 21.3 Å². The summed E-state index contributed by atoms with van der Waals surface area (Å²) in [4.78, 5) is 16.5. The van der Waals surface area contributed by atoms with Gasteiger partial charge in [-0.1, -0.05) is 39.7 Å². The molecule has 0 bridgehead atoms. The van der Waals surface area contributed by atoms with Crippen molar-refractivity contribution in [1.29, 1.82) is 0 Å². The summed E-state index contributed by atoms with van der Waals surface area (Å²) < 4.78 is 17.8. The number of aryl methyl sites for hydroxylation is 1. The van der Waals surface area contributed by atoms with E-state index in [1.54, 1.807) is 19.4 Å². The molecule has 8 heteroatoms. The number of hydrogen-bond donors (Lipinski definition) is 2. The molecule has 168 valence electrons. The Morgan fingerprint density at radius 2 is 1.88 bits per heavy atom. The molecule has 0 atom stereocenters. The first-order valence-corrected chi connectivity index (χ1v) is 11.0. The Bertz CT molecular complexity index is 1010. The first-order chi connectivity index (χ1) is 15.6. The van der Waals surface area contributed by atoms with Crippen molar-refractivity contribution in [2.45, 2.75) is 13.5 Å². The average molecular weight is 500 g/mol. The maximum Gasteiger partial charge on any atom is 0.262 e. The molecule has 0 aliphatic rings. The number of methoxy groups -OCH3 is 1. The van der Waals surface area contributed by atoms with Crippen LogP contribution in [0.4, 0.5) is 5.69 Å². The van der Waals surface area contributed by atoms with Gasteiger partial charge in [-0.2, -0.15) is 0 Å². The summed E-state index contributed by atoms with van der Waals surface area (Å²) >= 11 is 3.57. The normalized spacial score (nSPS) is 10.5. The van der Waals surface area contributed by atoms with Crippen LogP contribution in [-0.2, 0) is 11.3 Å². The van der Waals surface area contributed by atoms with Crippen LogP contribution in [0.1, 0.15) is 11.1 Å². The lowest BCUT2D eigenvalue weighted by Gasteiger charge is -2.17. The van der Waals surface area contributed by atoms with Crippen LogP contribution in [0.25, 0.3) is 0 Å². The number of nitrogens with one attached hydrogen (secondary N) is 2. The molecule has 32 heavy (non-hydrogen) atoms. The zero-order valence-corrected chi connectivity index (χ0v) is 19.6. The number of amides is 1. The second kappa shape index (κ2) is 12.1. The van der Waals surface area contributed by atoms with E-state index in [9.17, 15) is 4.79 Å². The van der Waals surface area contributed by atoms with Crippen LogP contribution in [-0.4, -0.2) is 37.8 Å². The van der Waals surface area contributed by atoms with Gasteiger partial charge in [-0.05, 0) is 37.3 Å². The van der Waals surface area contributed by atoms with Crippen molar-refractivity contribution in [1.82, 2.24) is 10.3 Å². The minimum absolute atomic E-state index is 0.142. The molecule has 0 fully saturated rings. The largest absolute Gasteiger partial charge is 0.493 e. The van der Waals surface area contributed by atoms with E-state index in [-0.39, 0.29) is 12.5 Å². The lowest BCUT2D eigenvalue weighted by atomic mass is 10.2. The highest BCUT2D eigenvalue weighted by atomic mass is 79.9. The molecule has 0 unspecified atom stereocenters. The average Bonchev–Trinajstić information content (AvgIpc) is 2.81. The molecule has 1 heterocycles. The zero-order chi connectivity index (χ0) is 22.8. The SMILES string of the molecule is COc1ccc(Br)c(CNCCOc2ccccn2)c1OCC(=O)Nc1ccc(C)cc1. The van der Waals surface area contributed by atoms with Crippen molar-refractivity contribution in [3.8, 4) is 17.4 Å². The highest BCUT2D eigenvalue weighted by molar-refractivity contribution is 9.10. The number of rotatable bonds is 11. The van der Waals surface area contributed by atoms with Crippen LogP contribution in [0.15, 0.2) is 65.3 Å². The first kappa shape index (κ1) is 23.6. The van der Waals surface area contributed by atoms with E-state index >= 15 is 0 Å². The summed E-state index contributed by atoms with van der Waals surface area (Å²) in [7, 11) is 1.57. The number of hydrogen-bond acceptors (Lipinski definition) is 6. The molecular weight excluding hydrogens is 474 g/mol. The third kappa shape index (κ3) is 6.96. The molecular formula is C24H26BrN3O4. The van der Waals surface area contributed by atoms with Crippen molar-refractivity contribution >= 4 is 27.5 Å². The molecule has 2 N–H and O–H groups in total. The van der Waals surface area contributed by atoms with Crippen molar-refractivity contribution < 1.29 is 19.0 Å². The maximum absolute atomic E-state index is 12.4. The van der Waals surface area contributed by atoms with E-state index in [4.69, 9.17) is 14.2 Å². The molecule has 3 rings (SSSR count). The monoisotopic (exact) mass is 499 g/mol. The van der Waals surface area contributed by atoms with E-state index in [0.29, 0.717) is 37.1 Å². The van der Waals surface area contributed by atoms with Crippen LogP contribution in [0.2, 0.25) is 0 Å². The van der Waals surface area contributed by atoms with Crippen LogP contribution in [0.3, 0.4) is 0 Å². The summed E-state index contributed by atoms with van der Waals surface area (Å²) in [6, 6.07) is 16.8. The highest BCUT2D eigenvalue weighted by Crippen LogP contribution is 2.36. The Morgan fingerprint density at radius 1 is 1.06 bits per heavy atom. The number of carbonyl (C=O) groups excluding carboxylic acids is 1. The molecule has 0 spiro atoms. The fourth-order valence-corrected chi connectivity index (χ4v) is 3.36. The van der Waals surface area contributed by atoms with Gasteiger partial charge in [-0.15, -0.1) is 0 Å². The van der Waals surface area contributed by atoms with E-state index in [1.165, 1.54) is 0 Å². The number of anilines is 1. The number of halogens is 1. The third-order valence-electron chi connectivity index (χ3n) is 4.54. The van der Waals surface area contributed by atoms with Crippen LogP contribution in [0, 0.1) is 6.92 Å². The summed E-state index contributed by atoms with van der Waals surface area (Å²) in [6.45, 7) is 3.42. The minimum Gasteiger partial charge on any atom is -0.493 e. The van der Waals surface area contributed by atoms with Gasteiger partial charge in [0.05, 0.1) is 7.11 Å². The molecule has 7 nitrogen and oxygen atoms in total. The number of aromatic nitrogens is 1. The van der Waals surface area contributed by atoms with Crippen LogP contribution >= 0.6 is 15.9 Å². The van der Waals surface area contributed by atoms with E-state index in [2.05, 4.69) is 31.5 Å². The highest BCUT2D eigenvalue weighted by Gasteiger charge is 2.16. The topological polar surface area (TPSA) is 81.7 Å². The molecule has 1 aromatic heterocycles. The van der Waals surface area contributed by atoms with Crippen LogP contribution < -0.4 is 24.8 Å². The van der Waals surface area contributed by atoms with Gasteiger partial charge in [0, 0.05) is 41.1 Å². The number of pyridine rings is 1. The Labute approximate surface area is 196 Å². The summed E-state index contributed by atoms with van der Waals surface area (Å²) in [5, 5.41) is 6.15. The smallest absolute Gasteiger partial charge is 0.262 e. The molecule has 0 radical (unpaired) electrons. The Kier molecular flexibility index (Phi) is 8.89. The molecule has 3 aromatic rings. The lowest BCUT2D eigenvalue weighted by molar-refractivity contribution is -0.118. The van der Waals surface area contributed by atoms with Crippen molar-refractivity contribution in [2.24, 2.45) is 0 Å². The third-order valence-corrected chi connectivity index (χ3v) is 5.28. The summed E-state index contributed by atoms with van der Waals surface area (Å²) in [5.74, 6) is 1.40. The summed E-state index contributed by atoms with van der Waals surface area (Å²) in [6.07, 6.45) is 1.69. The predicted molar refractivity (Wildman–Crippen MR) is 127 cm³/mol. The number of benzene rings is 2. The van der Waals surface area contributed by atoms with Gasteiger partial charge in [0.2, 0.25) is 5.88 Å². The Balaban J connectivity index is 1.57. The standard InChI is InChI=1S/C24H26BrN3O4/c1-17-6-8-18(9-7-17)28-22(29)16-32-24-19(20(25)10-11-21(24)30-2)15-26-13-14-31-23-5-3-4-12-27-23/h3-12,26H,13-16H2,1-2H3,(H,28,29). The maximum atomic E-state index is 12.4. The van der Waals surface area contributed by atoms with Gasteiger partial charge in [0.15, 0.2) is 18.1 Å². The number of nitrogens with zero attached hydrogens (tertiary/aromatic N) is 1. The fourth-order valence-electron chi connectivity index (χ4n) is 2.91. The first-order valence-electron chi connectivity index (χ1n) is 10.2. The fraction of sp³-hybridized carbons (Fsp3) is 0.250.